The number of rotatable bonds is 8. The summed E-state index contributed by atoms with van der Waals surface area (Å²) in [6.07, 6.45) is 1.57. The number of nitrogens with zero attached hydrogens (tertiary/aromatic N) is 1. The highest BCUT2D eigenvalue weighted by Crippen LogP contribution is 2.33. The van der Waals surface area contributed by atoms with E-state index in [1.54, 1.807) is 13.2 Å². The Bertz CT molecular complexity index is 1450. The molecule has 4 rings (SSSR count). The Hall–Kier alpha value is -3.35. The molecule has 5 nitrogen and oxygen atoms in total. The first-order valence-electron chi connectivity index (χ1n) is 11.1. The molecule has 180 valence electrons. The zero-order valence-electron chi connectivity index (χ0n) is 19.4. The van der Waals surface area contributed by atoms with Gasteiger partial charge in [-0.25, -0.2) is 0 Å². The van der Waals surface area contributed by atoms with Gasteiger partial charge in [0.1, 0.15) is 29.7 Å². The van der Waals surface area contributed by atoms with Gasteiger partial charge in [0.25, 0.3) is 5.91 Å². The van der Waals surface area contributed by atoms with Crippen LogP contribution >= 0.6 is 38.5 Å². The molecule has 0 unspecified atom stereocenters. The fraction of sp³-hybridized carbons (Fsp3) is 0.103. The normalized spacial score (nSPS) is 11.1. The van der Waals surface area contributed by atoms with Gasteiger partial charge in [-0.05, 0) is 102 Å². The van der Waals surface area contributed by atoms with Crippen molar-refractivity contribution in [2.75, 3.05) is 7.11 Å². The number of halogens is 2. The number of hydrogen-bond acceptors (Lipinski definition) is 4. The molecule has 0 atom stereocenters. The molecule has 0 aliphatic heterocycles. The maximum atomic E-state index is 12.6. The molecule has 36 heavy (non-hydrogen) atoms. The van der Waals surface area contributed by atoms with E-state index in [2.05, 4.69) is 74.2 Å². The van der Waals surface area contributed by atoms with Crippen LogP contribution in [0.2, 0.25) is 0 Å². The summed E-state index contributed by atoms with van der Waals surface area (Å²) in [4.78, 5) is 12.6. The van der Waals surface area contributed by atoms with Crippen molar-refractivity contribution in [3.05, 3.63) is 109 Å². The van der Waals surface area contributed by atoms with E-state index in [1.165, 1.54) is 10.8 Å². The summed E-state index contributed by atoms with van der Waals surface area (Å²) >= 11 is 5.78. The molecule has 0 fully saturated rings. The van der Waals surface area contributed by atoms with Crippen LogP contribution in [0, 0.1) is 14.9 Å². The largest absolute Gasteiger partial charge is 0.497 e. The van der Waals surface area contributed by atoms with E-state index in [9.17, 15) is 10.1 Å². The van der Waals surface area contributed by atoms with Gasteiger partial charge in [-0.2, -0.15) is 5.26 Å². The number of amides is 1. The fourth-order valence-electron chi connectivity index (χ4n) is 3.62. The van der Waals surface area contributed by atoms with Crippen LogP contribution < -0.4 is 14.8 Å². The Morgan fingerprint density at radius 3 is 2.44 bits per heavy atom. The third-order valence-electron chi connectivity index (χ3n) is 5.51. The smallest absolute Gasteiger partial charge is 0.262 e. The highest BCUT2D eigenvalue weighted by molar-refractivity contribution is 14.1. The maximum absolute atomic E-state index is 12.6. The topological polar surface area (TPSA) is 71.3 Å². The van der Waals surface area contributed by atoms with Crippen molar-refractivity contribution in [2.24, 2.45) is 0 Å². The second-order valence-corrected chi connectivity index (χ2v) is 10.0. The first-order chi connectivity index (χ1) is 17.5. The summed E-state index contributed by atoms with van der Waals surface area (Å²) in [5.74, 6) is 1.02. The number of nitrogens with one attached hydrogen (secondary N) is 1. The first-order valence-corrected chi connectivity index (χ1v) is 13.0. The Balaban J connectivity index is 1.44. The molecule has 1 amide bonds. The second-order valence-electron chi connectivity index (χ2n) is 7.98. The molecule has 4 aromatic carbocycles. The number of methoxy groups -OCH3 is 1. The average Bonchev–Trinajstić information content (AvgIpc) is 2.90. The van der Waals surface area contributed by atoms with Gasteiger partial charge in [-0.3, -0.25) is 4.79 Å². The number of nitriles is 1. The molecular weight excluding hydrogens is 631 g/mol. The molecule has 0 aliphatic carbocycles. The fourth-order valence-corrected chi connectivity index (χ4v) is 5.39. The zero-order chi connectivity index (χ0) is 25.5. The van der Waals surface area contributed by atoms with Gasteiger partial charge in [0.2, 0.25) is 0 Å². The lowest BCUT2D eigenvalue weighted by Gasteiger charge is -2.12. The summed E-state index contributed by atoms with van der Waals surface area (Å²) in [5, 5.41) is 14.7. The predicted molar refractivity (Wildman–Crippen MR) is 154 cm³/mol. The predicted octanol–water partition coefficient (Wildman–Crippen LogP) is 7.02. The van der Waals surface area contributed by atoms with Crippen molar-refractivity contribution in [1.29, 1.82) is 5.26 Å². The molecule has 4 aromatic rings. The number of carbonyl (C=O) groups excluding carboxylic acids is 1. The Labute approximate surface area is 232 Å². The quantitative estimate of drug-likeness (QED) is 0.126. The van der Waals surface area contributed by atoms with Crippen LogP contribution in [0.5, 0.6) is 11.5 Å². The number of carbonyl (C=O) groups is 1. The van der Waals surface area contributed by atoms with Gasteiger partial charge in [0, 0.05) is 6.54 Å². The second kappa shape index (κ2) is 12.1. The van der Waals surface area contributed by atoms with Crippen LogP contribution in [0.3, 0.4) is 0 Å². The van der Waals surface area contributed by atoms with Crippen LogP contribution in [0.25, 0.3) is 16.8 Å². The summed E-state index contributed by atoms with van der Waals surface area (Å²) in [6.45, 7) is 0.733. The molecule has 0 heterocycles. The van der Waals surface area contributed by atoms with Gasteiger partial charge < -0.3 is 14.8 Å². The van der Waals surface area contributed by atoms with E-state index in [0.717, 1.165) is 30.5 Å². The van der Waals surface area contributed by atoms with Crippen molar-refractivity contribution in [3.8, 4) is 17.6 Å². The van der Waals surface area contributed by atoms with Crippen LogP contribution in [0.15, 0.2) is 88.9 Å². The Kier molecular flexibility index (Phi) is 8.62. The van der Waals surface area contributed by atoms with E-state index in [0.29, 0.717) is 18.9 Å². The maximum Gasteiger partial charge on any atom is 0.262 e. The minimum absolute atomic E-state index is 0.0241. The van der Waals surface area contributed by atoms with Crippen molar-refractivity contribution < 1.29 is 14.3 Å². The van der Waals surface area contributed by atoms with Gasteiger partial charge in [0.05, 0.1) is 15.2 Å². The summed E-state index contributed by atoms with van der Waals surface area (Å²) in [7, 11) is 1.60. The lowest BCUT2D eigenvalue weighted by Crippen LogP contribution is -2.23. The van der Waals surface area contributed by atoms with Crippen LogP contribution in [0.1, 0.15) is 16.7 Å². The van der Waals surface area contributed by atoms with E-state index in [4.69, 9.17) is 9.47 Å². The lowest BCUT2D eigenvalue weighted by molar-refractivity contribution is -0.117. The zero-order valence-corrected chi connectivity index (χ0v) is 23.2. The minimum Gasteiger partial charge on any atom is -0.497 e. The molecule has 0 aromatic heterocycles. The molecule has 0 bridgehead atoms. The molecule has 1 N–H and O–H groups in total. The highest BCUT2D eigenvalue weighted by Gasteiger charge is 2.13. The minimum atomic E-state index is -0.434. The van der Waals surface area contributed by atoms with Crippen LogP contribution in [-0.4, -0.2) is 13.0 Å². The monoisotopic (exact) mass is 652 g/mol. The third-order valence-corrected chi connectivity index (χ3v) is 6.90. The van der Waals surface area contributed by atoms with Crippen LogP contribution in [0.4, 0.5) is 0 Å². The SMILES string of the molecule is COc1ccc(CNC(=O)/C(C#N)=C\c2cc(Br)c(OCc3ccc4ccccc4c3)c(I)c2)cc1. The molecule has 0 saturated carbocycles. The van der Waals surface area contributed by atoms with E-state index in [1.807, 2.05) is 54.6 Å². The highest BCUT2D eigenvalue weighted by atomic mass is 127. The van der Waals surface area contributed by atoms with Crippen molar-refractivity contribution in [1.82, 2.24) is 5.32 Å². The molecule has 0 aliphatic rings. The van der Waals surface area contributed by atoms with Crippen LogP contribution in [-0.2, 0) is 17.9 Å². The summed E-state index contributed by atoms with van der Waals surface area (Å²) in [5.41, 5.74) is 2.73. The standard InChI is InChI=1S/C29H22BrIN2O3/c1-35-25-10-7-19(8-11-25)17-33-29(34)24(16-32)13-21-14-26(30)28(27(31)15-21)36-18-20-6-9-22-4-2-3-5-23(22)12-20/h2-15H,17-18H2,1H3,(H,33,34)/b24-13-. The number of fused-ring (bicyclic) bond motifs is 1. The number of ether oxygens (including phenoxy) is 2. The molecule has 7 heteroatoms. The van der Waals surface area contributed by atoms with Gasteiger partial charge in [0.15, 0.2) is 0 Å². The number of hydrogen-bond donors (Lipinski definition) is 1. The van der Waals surface area contributed by atoms with E-state index in [-0.39, 0.29) is 5.57 Å². The average molecular weight is 653 g/mol. The van der Waals surface area contributed by atoms with Gasteiger partial charge in [-0.1, -0.05) is 48.5 Å². The van der Waals surface area contributed by atoms with Crippen molar-refractivity contribution in [2.45, 2.75) is 13.2 Å². The molecule has 0 radical (unpaired) electrons. The van der Waals surface area contributed by atoms with Crippen molar-refractivity contribution in [3.63, 3.8) is 0 Å². The first kappa shape index (κ1) is 25.7. The molecule has 0 saturated heterocycles. The van der Waals surface area contributed by atoms with Gasteiger partial charge >= 0.3 is 0 Å². The summed E-state index contributed by atoms with van der Waals surface area (Å²) in [6, 6.07) is 27.6. The number of benzene rings is 4. The molecule has 0 spiro atoms. The van der Waals surface area contributed by atoms with Gasteiger partial charge in [-0.15, -0.1) is 0 Å². The van der Waals surface area contributed by atoms with E-state index < -0.39 is 5.91 Å². The van der Waals surface area contributed by atoms with E-state index >= 15 is 0 Å². The molecular formula is C29H22BrIN2O3. The third kappa shape index (κ3) is 6.45. The summed E-state index contributed by atoms with van der Waals surface area (Å²) < 4.78 is 12.9. The Morgan fingerprint density at radius 1 is 1.03 bits per heavy atom. The Morgan fingerprint density at radius 2 is 1.75 bits per heavy atom. The van der Waals surface area contributed by atoms with Crippen molar-refractivity contribution >= 4 is 61.3 Å². The lowest BCUT2D eigenvalue weighted by atomic mass is 10.1.